The van der Waals surface area contributed by atoms with Gasteiger partial charge >= 0.3 is 5.97 Å². The number of halogens is 1. The van der Waals surface area contributed by atoms with Gasteiger partial charge < -0.3 is 20.1 Å². The maximum absolute atomic E-state index is 15.8. The van der Waals surface area contributed by atoms with E-state index in [9.17, 15) is 29.1 Å². The number of likely N-dealkylation sites (tertiary alicyclic amines) is 1. The number of thiazole rings is 1. The van der Waals surface area contributed by atoms with Crippen LogP contribution in [0.2, 0.25) is 0 Å². The number of hydrogen-bond acceptors (Lipinski definition) is 13. The van der Waals surface area contributed by atoms with Crippen LogP contribution in [0.5, 0.6) is 5.75 Å². The Kier molecular flexibility index (Phi) is 11.8. The summed E-state index contributed by atoms with van der Waals surface area (Å²) in [7, 11) is 1.59. The highest BCUT2D eigenvalue weighted by Crippen LogP contribution is 2.50. The van der Waals surface area contributed by atoms with Gasteiger partial charge in [-0.1, -0.05) is 29.5 Å². The zero-order valence-electron chi connectivity index (χ0n) is 39.0. The number of anilines is 3. The number of piperidine rings is 2. The van der Waals surface area contributed by atoms with E-state index >= 15 is 4.39 Å². The first-order chi connectivity index (χ1) is 34.3. The summed E-state index contributed by atoms with van der Waals surface area (Å²) in [5, 5.41) is 23.8. The molecule has 11 rings (SSSR count). The summed E-state index contributed by atoms with van der Waals surface area (Å²) >= 11 is 1.39. The molecule has 1 unspecified atom stereocenters. The Balaban J connectivity index is 0.685. The molecule has 4 N–H and O–H groups in total. The lowest BCUT2D eigenvalue weighted by molar-refractivity contribution is -0.134. The Hall–Kier alpha value is -7.64. The zero-order chi connectivity index (χ0) is 49.1. The second-order valence-electron chi connectivity index (χ2n) is 19.1. The number of carbonyl (C=O) groups excluding carboxylic acids is 4. The lowest BCUT2D eigenvalue weighted by Crippen LogP contribution is -2.51. The molecule has 1 spiro atoms. The molecule has 0 radical (unpaired) electrons. The third-order valence-electron chi connectivity index (χ3n) is 14.5. The van der Waals surface area contributed by atoms with Gasteiger partial charge in [0.05, 0.1) is 40.2 Å². The number of imide groups is 1. The minimum absolute atomic E-state index is 0.0231. The van der Waals surface area contributed by atoms with Gasteiger partial charge in [0.1, 0.15) is 22.8 Å². The average Bonchev–Trinajstić information content (AvgIpc) is 3.91. The summed E-state index contributed by atoms with van der Waals surface area (Å²) in [5.74, 6) is -2.74. The predicted octanol–water partition coefficient (Wildman–Crippen LogP) is 7.38. The molecular formula is C52H49FN10O7S. The molecule has 3 fully saturated rings. The Morgan fingerprint density at radius 1 is 0.944 bits per heavy atom. The lowest BCUT2D eigenvalue weighted by atomic mass is 9.61. The van der Waals surface area contributed by atoms with Gasteiger partial charge in [-0.2, -0.15) is 5.10 Å². The van der Waals surface area contributed by atoms with E-state index in [-0.39, 0.29) is 59.1 Å². The second-order valence-corrected chi connectivity index (χ2v) is 20.1. The molecule has 71 heavy (non-hydrogen) atoms. The summed E-state index contributed by atoms with van der Waals surface area (Å²) in [5.41, 5.74) is 5.58. The number of para-hydroxylation sites is 1. The average molecular weight is 977 g/mol. The number of nitrogens with one attached hydrogen (secondary N) is 3. The molecule has 3 aromatic carbocycles. The van der Waals surface area contributed by atoms with Crippen molar-refractivity contribution >= 4 is 78.7 Å². The Morgan fingerprint density at radius 3 is 2.52 bits per heavy atom. The summed E-state index contributed by atoms with van der Waals surface area (Å²) in [6.45, 7) is 4.39. The summed E-state index contributed by atoms with van der Waals surface area (Å²) in [6.07, 6.45) is 6.33. The summed E-state index contributed by atoms with van der Waals surface area (Å²) in [4.78, 5) is 81.4. The van der Waals surface area contributed by atoms with Crippen LogP contribution in [-0.2, 0) is 34.4 Å². The molecule has 19 heteroatoms. The van der Waals surface area contributed by atoms with Crippen LogP contribution in [0.1, 0.15) is 87.8 Å². The Bertz CT molecular complexity index is 3310. The van der Waals surface area contributed by atoms with Crippen molar-refractivity contribution in [3.63, 3.8) is 0 Å². The van der Waals surface area contributed by atoms with Crippen molar-refractivity contribution in [1.82, 2.24) is 34.9 Å². The Morgan fingerprint density at radius 2 is 1.75 bits per heavy atom. The highest BCUT2D eigenvalue weighted by molar-refractivity contribution is 7.22. The van der Waals surface area contributed by atoms with E-state index in [4.69, 9.17) is 4.74 Å². The van der Waals surface area contributed by atoms with Gasteiger partial charge in [0.2, 0.25) is 17.7 Å². The van der Waals surface area contributed by atoms with E-state index in [2.05, 4.69) is 40.9 Å². The predicted molar refractivity (Wildman–Crippen MR) is 264 cm³/mol. The van der Waals surface area contributed by atoms with Crippen molar-refractivity contribution in [3.05, 3.63) is 119 Å². The van der Waals surface area contributed by atoms with Crippen LogP contribution in [0.25, 0.3) is 32.2 Å². The number of pyridine rings is 2. The topological polar surface area (TPSA) is 214 Å². The lowest BCUT2D eigenvalue weighted by Gasteiger charge is -2.51. The van der Waals surface area contributed by atoms with Gasteiger partial charge in [-0.25, -0.2) is 19.2 Å². The number of carbonyl (C=O) groups is 5. The Labute approximate surface area is 410 Å². The number of fused-ring (bicyclic) bond motifs is 3. The third-order valence-corrected chi connectivity index (χ3v) is 15.5. The van der Waals surface area contributed by atoms with Gasteiger partial charge in [0.15, 0.2) is 16.6 Å². The molecule has 4 amide bonds. The maximum atomic E-state index is 15.8. The minimum Gasteiger partial charge on any atom is -0.490 e. The van der Waals surface area contributed by atoms with E-state index in [1.54, 1.807) is 25.4 Å². The van der Waals surface area contributed by atoms with Crippen molar-refractivity contribution in [1.29, 1.82) is 0 Å². The molecule has 4 aliphatic rings. The van der Waals surface area contributed by atoms with E-state index in [1.165, 1.54) is 22.1 Å². The van der Waals surface area contributed by atoms with Gasteiger partial charge in [-0.05, 0) is 135 Å². The van der Waals surface area contributed by atoms with Crippen LogP contribution < -0.4 is 25.6 Å². The first kappa shape index (κ1) is 45.8. The normalized spacial score (nSPS) is 18.0. The number of nitrogens with zero attached hydrogens (tertiary/aromatic N) is 7. The number of carboxylic acid groups (broad SMARTS) is 1. The van der Waals surface area contributed by atoms with Crippen LogP contribution in [0, 0.1) is 18.2 Å². The van der Waals surface area contributed by atoms with Crippen LogP contribution >= 0.6 is 11.3 Å². The van der Waals surface area contributed by atoms with E-state index in [1.807, 2.05) is 66.4 Å². The molecule has 7 heterocycles. The fraction of sp³-hybridized carbons (Fsp3) is 0.327. The fourth-order valence-electron chi connectivity index (χ4n) is 10.8. The molecule has 4 aromatic heterocycles. The van der Waals surface area contributed by atoms with E-state index in [0.29, 0.717) is 65.0 Å². The van der Waals surface area contributed by atoms with Crippen molar-refractivity contribution in [2.24, 2.45) is 12.5 Å². The number of carboxylic acids is 1. The molecule has 0 bridgehead atoms. The number of aromatic nitrogens is 5. The maximum Gasteiger partial charge on any atom is 0.355 e. The molecule has 7 aromatic rings. The minimum atomic E-state index is -1.15. The number of benzene rings is 3. The molecule has 17 nitrogen and oxygen atoms in total. The quantitative estimate of drug-likeness (QED) is 0.0933. The molecule has 1 saturated carbocycles. The molecule has 1 aliphatic carbocycles. The molecule has 3 aliphatic heterocycles. The van der Waals surface area contributed by atoms with Crippen LogP contribution in [0.3, 0.4) is 0 Å². The van der Waals surface area contributed by atoms with Gasteiger partial charge in [0.25, 0.3) is 5.91 Å². The van der Waals surface area contributed by atoms with E-state index < -0.39 is 23.6 Å². The molecule has 362 valence electrons. The van der Waals surface area contributed by atoms with Crippen molar-refractivity contribution in [2.45, 2.75) is 70.4 Å². The summed E-state index contributed by atoms with van der Waals surface area (Å²) < 4.78 is 24.6. The number of hydrogen-bond donors (Lipinski definition) is 4. The van der Waals surface area contributed by atoms with Crippen LogP contribution in [0.4, 0.5) is 21.0 Å². The first-order valence-electron chi connectivity index (χ1n) is 23.7. The molecule has 2 saturated heterocycles. The fourth-order valence-corrected chi connectivity index (χ4v) is 11.6. The second kappa shape index (κ2) is 18.3. The third kappa shape index (κ3) is 8.84. The number of ether oxygens (including phenoxy) is 1. The van der Waals surface area contributed by atoms with Crippen LogP contribution in [-0.4, -0.2) is 96.6 Å². The SMILES string of the molecule is Cc1cc(OC2CC3(CCN(CC(=O)Nc4ccc5c(C6CCC(=O)NC6=O)nn(C)c5c4F)CC3)C2)ccc1-c1ccc(N2CCc3ccnc(C(=O)Nc4nc5ccccc5s4)c3C2)nc1C(=O)O. The number of aromatic carboxylic acids is 1. The van der Waals surface area contributed by atoms with Gasteiger partial charge in [-0.3, -0.25) is 44.4 Å². The van der Waals surface area contributed by atoms with Crippen LogP contribution in [0.15, 0.2) is 79.0 Å². The monoisotopic (exact) mass is 976 g/mol. The highest BCUT2D eigenvalue weighted by Gasteiger charge is 2.47. The zero-order valence-corrected chi connectivity index (χ0v) is 39.8. The molecule has 1 atom stereocenters. The van der Waals surface area contributed by atoms with E-state index in [0.717, 1.165) is 71.2 Å². The van der Waals surface area contributed by atoms with Crippen molar-refractivity contribution in [3.8, 4) is 16.9 Å². The van der Waals surface area contributed by atoms with Crippen molar-refractivity contribution < 1.29 is 38.2 Å². The number of aryl methyl sites for hydroxylation is 2. The number of amides is 4. The standard InChI is InChI=1S/C52H49FN10O7S/c1-28-23-30(70-31-24-52(25-31)17-21-62(22-18-52)27-42(65)55-38-12-9-34-44(60-61(2)47(34)43(38)53)35-11-14-41(64)58-48(35)66)7-8-32(28)33-10-13-40(57-46(33)50(68)69)63-20-16-29-15-19-54-45(36(29)26-63)49(67)59-51-56-37-5-3-4-6-39(37)71-51/h3-10,12-13,15,19,23,31,35H,11,14,16-18,20-22,24-27H2,1-2H3,(H,55,65)(H,68,69)(H,56,59,67)(H,58,64,66). The first-order valence-corrected chi connectivity index (χ1v) is 24.5. The smallest absolute Gasteiger partial charge is 0.355 e. The highest BCUT2D eigenvalue weighted by atomic mass is 32.1. The van der Waals surface area contributed by atoms with Crippen molar-refractivity contribution in [2.75, 3.05) is 41.7 Å². The summed E-state index contributed by atoms with van der Waals surface area (Å²) in [6, 6.07) is 22.0. The van der Waals surface area contributed by atoms with Gasteiger partial charge in [0, 0.05) is 49.3 Å². The largest absolute Gasteiger partial charge is 0.490 e. The van der Waals surface area contributed by atoms with Gasteiger partial charge in [-0.15, -0.1) is 0 Å². The number of rotatable bonds is 11. The molecular weight excluding hydrogens is 928 g/mol.